The van der Waals surface area contributed by atoms with Crippen molar-refractivity contribution in [2.45, 2.75) is 45.6 Å². The molecule has 6 heteroatoms. The van der Waals surface area contributed by atoms with E-state index < -0.39 is 0 Å². The van der Waals surface area contributed by atoms with Gasteiger partial charge in [0.05, 0.1) is 24.9 Å². The summed E-state index contributed by atoms with van der Waals surface area (Å²) in [5.41, 5.74) is 2.02. The van der Waals surface area contributed by atoms with Gasteiger partial charge in [-0.15, -0.1) is 0 Å². The number of nitrogens with one attached hydrogen (secondary N) is 1. The van der Waals surface area contributed by atoms with Crippen molar-refractivity contribution in [3.8, 4) is 0 Å². The van der Waals surface area contributed by atoms with Crippen molar-refractivity contribution in [3.05, 3.63) is 29.8 Å². The van der Waals surface area contributed by atoms with Gasteiger partial charge < -0.3 is 19.7 Å². The molecule has 0 bridgehead atoms. The maximum absolute atomic E-state index is 12.6. The summed E-state index contributed by atoms with van der Waals surface area (Å²) in [5.74, 6) is 0. The van der Waals surface area contributed by atoms with Gasteiger partial charge in [0.15, 0.2) is 0 Å². The molecule has 2 fully saturated rings. The lowest BCUT2D eigenvalue weighted by Gasteiger charge is -2.35. The molecule has 2 saturated heterocycles. The van der Waals surface area contributed by atoms with E-state index in [4.69, 9.17) is 9.47 Å². The molecule has 2 aliphatic heterocycles. The van der Waals surface area contributed by atoms with Gasteiger partial charge in [-0.05, 0) is 32.4 Å². The second-order valence-electron chi connectivity index (χ2n) is 7.17. The Hall–Kier alpha value is -1.63. The van der Waals surface area contributed by atoms with E-state index in [0.717, 1.165) is 30.9 Å². The number of carbonyl (C=O) groups is 1. The van der Waals surface area contributed by atoms with Crippen LogP contribution in [0.25, 0.3) is 0 Å². The van der Waals surface area contributed by atoms with Gasteiger partial charge in [0.25, 0.3) is 0 Å². The molecular weight excluding hydrogens is 318 g/mol. The van der Waals surface area contributed by atoms with Gasteiger partial charge in [0.1, 0.15) is 0 Å². The lowest BCUT2D eigenvalue weighted by Crippen LogP contribution is -2.46. The molecule has 0 spiro atoms. The number of amides is 2. The lowest BCUT2D eigenvalue weighted by atomic mass is 10.1. The Labute approximate surface area is 150 Å². The number of hydrogen-bond acceptors (Lipinski definition) is 4. The first kappa shape index (κ1) is 18.2. The summed E-state index contributed by atoms with van der Waals surface area (Å²) in [5, 5.41) is 3.09. The van der Waals surface area contributed by atoms with Crippen molar-refractivity contribution in [1.82, 2.24) is 9.80 Å². The Kier molecular flexibility index (Phi) is 5.93. The smallest absolute Gasteiger partial charge is 0.322 e. The monoisotopic (exact) mass is 347 g/mol. The average molecular weight is 347 g/mol. The molecular formula is C19H29N3O3. The molecule has 25 heavy (non-hydrogen) atoms. The van der Waals surface area contributed by atoms with Gasteiger partial charge in [0.2, 0.25) is 0 Å². The molecule has 6 nitrogen and oxygen atoms in total. The third kappa shape index (κ3) is 4.93. The molecule has 0 aromatic heterocycles. The van der Waals surface area contributed by atoms with Crippen LogP contribution in [0.2, 0.25) is 0 Å². The third-order valence-corrected chi connectivity index (χ3v) is 4.68. The second kappa shape index (κ2) is 8.17. The van der Waals surface area contributed by atoms with Crippen LogP contribution in [0.3, 0.4) is 0 Å². The van der Waals surface area contributed by atoms with Crippen molar-refractivity contribution < 1.29 is 14.3 Å². The fourth-order valence-electron chi connectivity index (χ4n) is 3.63. The highest BCUT2D eigenvalue weighted by Crippen LogP contribution is 2.21. The van der Waals surface area contributed by atoms with Gasteiger partial charge in [-0.1, -0.05) is 18.2 Å². The van der Waals surface area contributed by atoms with Crippen molar-refractivity contribution in [2.75, 3.05) is 38.1 Å². The zero-order valence-electron chi connectivity index (χ0n) is 15.4. The zero-order valence-corrected chi connectivity index (χ0v) is 15.4. The molecule has 0 saturated carbocycles. The van der Waals surface area contributed by atoms with Crippen LogP contribution in [-0.4, -0.2) is 66.9 Å². The summed E-state index contributed by atoms with van der Waals surface area (Å²) in [7, 11) is 0. The van der Waals surface area contributed by atoms with Crippen LogP contribution in [-0.2, 0) is 16.0 Å². The molecule has 3 atom stereocenters. The maximum atomic E-state index is 12.6. The van der Waals surface area contributed by atoms with Crippen LogP contribution < -0.4 is 5.32 Å². The number of carbonyl (C=O) groups excluding carboxylic acids is 1. The first-order valence-electron chi connectivity index (χ1n) is 9.14. The van der Waals surface area contributed by atoms with Crippen LogP contribution in [0, 0.1) is 0 Å². The number of nitrogens with zero attached hydrogens (tertiary/aromatic N) is 2. The fraction of sp³-hybridized carbons (Fsp3) is 0.632. The van der Waals surface area contributed by atoms with E-state index in [2.05, 4.69) is 30.1 Å². The number of morpholine rings is 2. The third-order valence-electron chi connectivity index (χ3n) is 4.68. The number of urea groups is 1. The van der Waals surface area contributed by atoms with Crippen molar-refractivity contribution in [1.29, 1.82) is 0 Å². The highest BCUT2D eigenvalue weighted by molar-refractivity contribution is 5.90. The van der Waals surface area contributed by atoms with Gasteiger partial charge in [-0.2, -0.15) is 0 Å². The number of rotatable bonds is 3. The van der Waals surface area contributed by atoms with E-state index in [1.54, 1.807) is 0 Å². The summed E-state index contributed by atoms with van der Waals surface area (Å²) in [4.78, 5) is 16.8. The van der Waals surface area contributed by atoms with Crippen LogP contribution in [0.5, 0.6) is 0 Å². The van der Waals surface area contributed by atoms with E-state index in [1.165, 1.54) is 0 Å². The molecule has 3 rings (SSSR count). The number of ether oxygens (including phenoxy) is 2. The lowest BCUT2D eigenvalue weighted by molar-refractivity contribution is -0.0704. The van der Waals surface area contributed by atoms with Crippen LogP contribution >= 0.6 is 0 Å². The molecule has 1 aromatic carbocycles. The minimum Gasteiger partial charge on any atom is -0.375 e. The van der Waals surface area contributed by atoms with Gasteiger partial charge in [-0.25, -0.2) is 4.79 Å². The molecule has 2 heterocycles. The summed E-state index contributed by atoms with van der Waals surface area (Å²) in [6.07, 6.45) is 0.562. The highest BCUT2D eigenvalue weighted by Gasteiger charge is 2.24. The Morgan fingerprint density at radius 3 is 2.56 bits per heavy atom. The first-order chi connectivity index (χ1) is 12.0. The molecule has 2 amide bonds. The minimum atomic E-state index is -0.0497. The van der Waals surface area contributed by atoms with Gasteiger partial charge in [-0.3, -0.25) is 4.90 Å². The van der Waals surface area contributed by atoms with Crippen LogP contribution in [0.1, 0.15) is 26.3 Å². The Balaban J connectivity index is 1.65. The molecule has 1 N–H and O–H groups in total. The first-order valence-corrected chi connectivity index (χ1v) is 9.14. The second-order valence-corrected chi connectivity index (χ2v) is 7.17. The Morgan fingerprint density at radius 1 is 1.12 bits per heavy atom. The Bertz CT molecular complexity index is 585. The van der Waals surface area contributed by atoms with Crippen LogP contribution in [0.15, 0.2) is 24.3 Å². The van der Waals surface area contributed by atoms with E-state index in [9.17, 15) is 4.79 Å². The topological polar surface area (TPSA) is 54.0 Å². The number of anilines is 1. The van der Waals surface area contributed by atoms with Gasteiger partial charge >= 0.3 is 6.03 Å². The molecule has 138 valence electrons. The normalized spacial score (nSPS) is 28.0. The maximum Gasteiger partial charge on any atom is 0.322 e. The quantitative estimate of drug-likeness (QED) is 0.913. The van der Waals surface area contributed by atoms with E-state index in [-0.39, 0.29) is 24.3 Å². The average Bonchev–Trinajstić information content (AvgIpc) is 2.55. The largest absolute Gasteiger partial charge is 0.375 e. The Morgan fingerprint density at radius 2 is 1.84 bits per heavy atom. The van der Waals surface area contributed by atoms with Crippen molar-refractivity contribution in [3.63, 3.8) is 0 Å². The number of para-hydroxylation sites is 1. The van der Waals surface area contributed by atoms with E-state index in [1.807, 2.05) is 30.0 Å². The molecule has 0 radical (unpaired) electrons. The fourth-order valence-corrected chi connectivity index (χ4v) is 3.63. The summed E-state index contributed by atoms with van der Waals surface area (Å²) >= 11 is 0. The van der Waals surface area contributed by atoms with Crippen molar-refractivity contribution >= 4 is 11.7 Å². The van der Waals surface area contributed by atoms with E-state index >= 15 is 0 Å². The van der Waals surface area contributed by atoms with E-state index in [0.29, 0.717) is 19.7 Å². The highest BCUT2D eigenvalue weighted by atomic mass is 16.5. The predicted octanol–water partition coefficient (Wildman–Crippen LogP) is 2.55. The standard InChI is InChI=1S/C19H29N3O3/c1-14-12-22(8-9-24-14)19(23)20-18-7-5-4-6-17(18)13-21-10-15(2)25-16(3)11-21/h4-7,14-16H,8-13H2,1-3H3,(H,20,23)/t14-,15-,16-/m1/s1. The molecule has 0 unspecified atom stereocenters. The summed E-state index contributed by atoms with van der Waals surface area (Å²) in [6.45, 7) is 10.7. The van der Waals surface area contributed by atoms with Gasteiger partial charge in [0, 0.05) is 38.4 Å². The molecule has 1 aromatic rings. The molecule has 2 aliphatic rings. The zero-order chi connectivity index (χ0) is 17.8. The van der Waals surface area contributed by atoms with Crippen LogP contribution in [0.4, 0.5) is 10.5 Å². The summed E-state index contributed by atoms with van der Waals surface area (Å²) in [6, 6.07) is 8.00. The molecule has 0 aliphatic carbocycles. The summed E-state index contributed by atoms with van der Waals surface area (Å²) < 4.78 is 11.3. The SMILES string of the molecule is C[C@@H]1CN(C(=O)Nc2ccccc2CN2C[C@@H](C)O[C@H](C)C2)CCO1. The number of benzene rings is 1. The number of hydrogen-bond donors (Lipinski definition) is 1. The minimum absolute atomic E-state index is 0.0497. The van der Waals surface area contributed by atoms with Crippen molar-refractivity contribution in [2.24, 2.45) is 0 Å². The predicted molar refractivity (Wildman–Crippen MR) is 97.7 cm³/mol.